The second-order valence-electron chi connectivity index (χ2n) is 6.16. The molecule has 0 saturated carbocycles. The third-order valence-electron chi connectivity index (χ3n) is 4.54. The molecule has 2 N–H and O–H groups in total. The van der Waals surface area contributed by atoms with Crippen molar-refractivity contribution in [3.05, 3.63) is 54.5 Å². The number of nitrogens with one attached hydrogen (secondary N) is 1. The van der Waals surface area contributed by atoms with Crippen LogP contribution in [0.15, 0.2) is 48.9 Å². The van der Waals surface area contributed by atoms with Gasteiger partial charge in [0.05, 0.1) is 31.4 Å². The van der Waals surface area contributed by atoms with Gasteiger partial charge < -0.3 is 19.9 Å². The van der Waals surface area contributed by atoms with Crippen molar-refractivity contribution in [3.8, 4) is 17.2 Å². The number of pyridine rings is 1. The van der Waals surface area contributed by atoms with Gasteiger partial charge in [0.15, 0.2) is 11.5 Å². The van der Waals surface area contributed by atoms with Gasteiger partial charge in [-0.3, -0.25) is 9.55 Å². The van der Waals surface area contributed by atoms with Crippen LogP contribution in [0.3, 0.4) is 0 Å². The van der Waals surface area contributed by atoms with Gasteiger partial charge in [0.25, 0.3) is 0 Å². The van der Waals surface area contributed by atoms with E-state index in [1.807, 2.05) is 41.0 Å². The molecule has 2 aromatic heterocycles. The van der Waals surface area contributed by atoms with Crippen LogP contribution in [0.25, 0.3) is 27.6 Å². The number of methoxy groups -OCH3 is 2. The number of benzene rings is 2. The Balaban J connectivity index is 1.83. The first-order valence-corrected chi connectivity index (χ1v) is 8.54. The summed E-state index contributed by atoms with van der Waals surface area (Å²) >= 11 is 0. The Morgan fingerprint density at radius 3 is 2.46 bits per heavy atom. The van der Waals surface area contributed by atoms with Crippen LogP contribution < -0.4 is 14.8 Å². The lowest BCUT2D eigenvalue weighted by molar-refractivity contribution is 0.194. The summed E-state index contributed by atoms with van der Waals surface area (Å²) in [6.45, 7) is 0.254. The molecule has 4 rings (SSSR count). The second kappa shape index (κ2) is 7.07. The topological polar surface area (TPSA) is 98.5 Å². The molecule has 28 heavy (non-hydrogen) atoms. The number of hydrogen-bond donors (Lipinski definition) is 2. The number of imidazole rings is 1. The highest BCUT2D eigenvalue weighted by Crippen LogP contribution is 2.35. The molecular weight excluding hydrogens is 360 g/mol. The molecule has 8 nitrogen and oxygen atoms in total. The molecule has 0 fully saturated rings. The van der Waals surface area contributed by atoms with E-state index in [1.54, 1.807) is 26.7 Å². The zero-order valence-electron chi connectivity index (χ0n) is 15.3. The molecule has 1 amide bonds. The van der Waals surface area contributed by atoms with E-state index in [9.17, 15) is 4.79 Å². The quantitative estimate of drug-likeness (QED) is 0.553. The van der Waals surface area contributed by atoms with Crippen molar-refractivity contribution < 1.29 is 19.4 Å². The number of carboxylic acid groups (broad SMARTS) is 1. The first-order chi connectivity index (χ1) is 13.6. The zero-order chi connectivity index (χ0) is 19.7. The number of rotatable bonds is 5. The molecule has 2 aromatic carbocycles. The maximum Gasteiger partial charge on any atom is 0.404 e. The summed E-state index contributed by atoms with van der Waals surface area (Å²) in [4.78, 5) is 19.6. The van der Waals surface area contributed by atoms with Gasteiger partial charge in [-0.2, -0.15) is 0 Å². The first kappa shape index (κ1) is 17.6. The van der Waals surface area contributed by atoms with Crippen molar-refractivity contribution in [2.75, 3.05) is 14.2 Å². The molecule has 0 unspecified atom stereocenters. The van der Waals surface area contributed by atoms with Crippen molar-refractivity contribution in [2.24, 2.45) is 0 Å². The number of fused-ring (bicyclic) bond motifs is 3. The maximum atomic E-state index is 10.6. The van der Waals surface area contributed by atoms with E-state index in [-0.39, 0.29) is 6.54 Å². The van der Waals surface area contributed by atoms with E-state index in [0.717, 1.165) is 33.2 Å². The summed E-state index contributed by atoms with van der Waals surface area (Å²) in [6.07, 6.45) is 2.42. The van der Waals surface area contributed by atoms with Gasteiger partial charge in [0.1, 0.15) is 11.8 Å². The molecule has 0 atom stereocenters. The largest absolute Gasteiger partial charge is 0.493 e. The van der Waals surface area contributed by atoms with Crippen LogP contribution in [0, 0.1) is 0 Å². The SMILES string of the molecule is COc1cc2ncc3ncn(-c4ccc(CNC(=O)O)cc4)c3c2cc1OC. The predicted molar refractivity (Wildman–Crippen MR) is 104 cm³/mol. The number of hydrogen-bond acceptors (Lipinski definition) is 5. The minimum absolute atomic E-state index is 0.254. The molecule has 0 saturated heterocycles. The number of amides is 1. The second-order valence-corrected chi connectivity index (χ2v) is 6.16. The molecule has 142 valence electrons. The Kier molecular flexibility index (Phi) is 4.44. The molecule has 2 heterocycles. The summed E-state index contributed by atoms with van der Waals surface area (Å²) in [5.74, 6) is 1.23. The Labute approximate surface area is 160 Å². The fraction of sp³-hybridized carbons (Fsp3) is 0.150. The molecule has 0 aliphatic carbocycles. The number of carbonyl (C=O) groups is 1. The average Bonchev–Trinajstić information content (AvgIpc) is 3.16. The average molecular weight is 378 g/mol. The molecule has 0 bridgehead atoms. The number of nitrogens with zero attached hydrogens (tertiary/aromatic N) is 3. The molecule has 0 spiro atoms. The van der Waals surface area contributed by atoms with E-state index in [1.165, 1.54) is 0 Å². The highest BCUT2D eigenvalue weighted by atomic mass is 16.5. The fourth-order valence-corrected chi connectivity index (χ4v) is 3.17. The van der Waals surface area contributed by atoms with Crippen LogP contribution in [0.5, 0.6) is 11.5 Å². The van der Waals surface area contributed by atoms with Gasteiger partial charge in [-0.05, 0) is 23.8 Å². The van der Waals surface area contributed by atoms with Gasteiger partial charge in [-0.25, -0.2) is 9.78 Å². The Morgan fingerprint density at radius 2 is 1.79 bits per heavy atom. The summed E-state index contributed by atoms with van der Waals surface area (Å²) in [5.41, 5.74) is 4.21. The lowest BCUT2D eigenvalue weighted by atomic mass is 10.1. The molecule has 8 heteroatoms. The normalized spacial score (nSPS) is 10.9. The van der Waals surface area contributed by atoms with Crippen molar-refractivity contribution >= 4 is 28.0 Å². The number of aromatic nitrogens is 3. The first-order valence-electron chi connectivity index (χ1n) is 8.54. The van der Waals surface area contributed by atoms with E-state index < -0.39 is 6.09 Å². The van der Waals surface area contributed by atoms with Crippen LogP contribution in [-0.4, -0.2) is 40.0 Å². The number of ether oxygens (including phenoxy) is 2. The van der Waals surface area contributed by atoms with Crippen LogP contribution in [0.2, 0.25) is 0 Å². The van der Waals surface area contributed by atoms with Crippen molar-refractivity contribution in [1.29, 1.82) is 0 Å². The molecule has 0 aliphatic heterocycles. The fourth-order valence-electron chi connectivity index (χ4n) is 3.17. The van der Waals surface area contributed by atoms with Crippen LogP contribution in [0.4, 0.5) is 4.79 Å². The van der Waals surface area contributed by atoms with Gasteiger partial charge in [-0.1, -0.05) is 12.1 Å². The smallest absolute Gasteiger partial charge is 0.404 e. The lowest BCUT2D eigenvalue weighted by Crippen LogP contribution is -2.19. The van der Waals surface area contributed by atoms with Crippen LogP contribution >= 0.6 is 0 Å². The Morgan fingerprint density at radius 1 is 1.07 bits per heavy atom. The predicted octanol–water partition coefficient (Wildman–Crippen LogP) is 3.36. The monoisotopic (exact) mass is 378 g/mol. The van der Waals surface area contributed by atoms with Crippen LogP contribution in [0.1, 0.15) is 5.56 Å². The minimum atomic E-state index is -1.05. The van der Waals surface area contributed by atoms with Gasteiger partial charge >= 0.3 is 6.09 Å². The minimum Gasteiger partial charge on any atom is -0.493 e. The summed E-state index contributed by atoms with van der Waals surface area (Å²) in [7, 11) is 3.19. The van der Waals surface area contributed by atoms with E-state index >= 15 is 0 Å². The lowest BCUT2D eigenvalue weighted by Gasteiger charge is -2.11. The van der Waals surface area contributed by atoms with Crippen molar-refractivity contribution in [2.45, 2.75) is 6.54 Å². The van der Waals surface area contributed by atoms with Gasteiger partial charge in [0, 0.05) is 23.7 Å². The highest BCUT2D eigenvalue weighted by molar-refractivity contribution is 6.04. The van der Waals surface area contributed by atoms with Crippen molar-refractivity contribution in [3.63, 3.8) is 0 Å². The van der Waals surface area contributed by atoms with Crippen LogP contribution in [-0.2, 0) is 6.54 Å². The highest BCUT2D eigenvalue weighted by Gasteiger charge is 2.14. The molecule has 4 aromatic rings. The summed E-state index contributed by atoms with van der Waals surface area (Å²) < 4.78 is 12.8. The van der Waals surface area contributed by atoms with Gasteiger partial charge in [-0.15, -0.1) is 0 Å². The molecular formula is C20H18N4O4. The standard InChI is InChI=1S/C20H18N4O4/c1-27-17-7-14-15(8-18(17)28-2)21-10-16-19(14)24(11-23-16)13-5-3-12(4-6-13)9-22-20(25)26/h3-8,10-11,22H,9H2,1-2H3,(H,25,26). The third-order valence-corrected chi connectivity index (χ3v) is 4.54. The maximum absolute atomic E-state index is 10.6. The van der Waals surface area contributed by atoms with Gasteiger partial charge in [0.2, 0.25) is 0 Å². The third kappa shape index (κ3) is 3.05. The Bertz CT molecular complexity index is 1170. The van der Waals surface area contributed by atoms with E-state index in [4.69, 9.17) is 14.6 Å². The van der Waals surface area contributed by atoms with E-state index in [2.05, 4.69) is 15.3 Å². The van der Waals surface area contributed by atoms with Crippen molar-refractivity contribution in [1.82, 2.24) is 19.9 Å². The summed E-state index contributed by atoms with van der Waals surface area (Å²) in [5, 5.41) is 12.0. The summed E-state index contributed by atoms with van der Waals surface area (Å²) in [6, 6.07) is 11.3. The van der Waals surface area contributed by atoms with E-state index in [0.29, 0.717) is 11.5 Å². The molecule has 0 radical (unpaired) electrons. The Hall–Kier alpha value is -3.81. The zero-order valence-corrected chi connectivity index (χ0v) is 15.3. The molecule has 0 aliphatic rings.